The van der Waals surface area contributed by atoms with Crippen molar-refractivity contribution in [1.82, 2.24) is 14.8 Å². The van der Waals surface area contributed by atoms with Crippen LogP contribution in [0, 0.1) is 5.82 Å². The van der Waals surface area contributed by atoms with Crippen molar-refractivity contribution in [3.8, 4) is 17.1 Å². The molecule has 21 heavy (non-hydrogen) atoms. The summed E-state index contributed by atoms with van der Waals surface area (Å²) < 4.78 is 16.1. The van der Waals surface area contributed by atoms with Gasteiger partial charge in [-0.25, -0.2) is 4.39 Å². The molecule has 2 N–H and O–H groups in total. The van der Waals surface area contributed by atoms with E-state index in [1.807, 2.05) is 34.9 Å². The smallest absolute Gasteiger partial charge is 0.169 e. The van der Waals surface area contributed by atoms with Gasteiger partial charge in [-0.05, 0) is 30.3 Å². The molecule has 0 aliphatic rings. The highest BCUT2D eigenvalue weighted by Crippen LogP contribution is 2.30. The van der Waals surface area contributed by atoms with Crippen LogP contribution in [0.5, 0.6) is 0 Å². The van der Waals surface area contributed by atoms with Gasteiger partial charge in [-0.3, -0.25) is 4.57 Å². The number of hydrogen-bond acceptors (Lipinski definition) is 3. The summed E-state index contributed by atoms with van der Waals surface area (Å²) in [5.74, 6) is 0.838. The molecule has 0 fully saturated rings. The number of aromatic nitrogens is 3. The van der Waals surface area contributed by atoms with E-state index in [1.165, 1.54) is 12.1 Å². The predicted octanol–water partition coefficient (Wildman–Crippen LogP) is 3.29. The van der Waals surface area contributed by atoms with Gasteiger partial charge in [-0.15, -0.1) is 10.2 Å². The van der Waals surface area contributed by atoms with Gasteiger partial charge in [-0.1, -0.05) is 34.1 Å². The van der Waals surface area contributed by atoms with E-state index < -0.39 is 0 Å². The van der Waals surface area contributed by atoms with Crippen LogP contribution < -0.4 is 5.73 Å². The maximum atomic E-state index is 13.6. The van der Waals surface area contributed by atoms with E-state index in [1.54, 1.807) is 6.07 Å². The summed E-state index contributed by atoms with van der Waals surface area (Å²) in [4.78, 5) is 0. The minimum atomic E-state index is -0.329. The lowest BCUT2D eigenvalue weighted by molar-refractivity contribution is 0.628. The number of rotatable bonds is 3. The van der Waals surface area contributed by atoms with Gasteiger partial charge in [0.05, 0.1) is 6.54 Å². The van der Waals surface area contributed by atoms with E-state index in [0.29, 0.717) is 17.2 Å². The summed E-state index contributed by atoms with van der Waals surface area (Å²) >= 11 is 3.43. The molecule has 6 heteroatoms. The zero-order valence-corrected chi connectivity index (χ0v) is 12.6. The minimum absolute atomic E-state index is 0.245. The Bertz CT molecular complexity index is 771. The summed E-state index contributed by atoms with van der Waals surface area (Å²) in [5.41, 5.74) is 7.25. The molecule has 0 spiro atoms. The van der Waals surface area contributed by atoms with Crippen LogP contribution in [0.1, 0.15) is 5.82 Å². The van der Waals surface area contributed by atoms with Crippen LogP contribution in [0.4, 0.5) is 4.39 Å². The van der Waals surface area contributed by atoms with Gasteiger partial charge in [0.2, 0.25) is 0 Å². The third kappa shape index (κ3) is 2.59. The van der Waals surface area contributed by atoms with Crippen molar-refractivity contribution in [1.29, 1.82) is 0 Å². The van der Waals surface area contributed by atoms with Crippen LogP contribution >= 0.6 is 15.9 Å². The molecule has 0 saturated carbocycles. The zero-order valence-electron chi connectivity index (χ0n) is 11.0. The van der Waals surface area contributed by atoms with Crippen LogP contribution in [0.15, 0.2) is 53.0 Å². The van der Waals surface area contributed by atoms with Gasteiger partial charge in [0.25, 0.3) is 0 Å². The third-order valence-corrected chi connectivity index (χ3v) is 3.79. The van der Waals surface area contributed by atoms with Crippen LogP contribution in [0.2, 0.25) is 0 Å². The molecular weight excluding hydrogens is 335 g/mol. The molecule has 0 unspecified atom stereocenters. The van der Waals surface area contributed by atoms with E-state index in [4.69, 9.17) is 5.73 Å². The van der Waals surface area contributed by atoms with Crippen molar-refractivity contribution in [2.75, 3.05) is 0 Å². The molecule has 3 aromatic rings. The quantitative estimate of drug-likeness (QED) is 0.791. The molecular formula is C15H12BrFN4. The Labute approximate surface area is 129 Å². The minimum Gasteiger partial charge on any atom is -0.324 e. The first-order valence-corrected chi connectivity index (χ1v) is 7.15. The highest BCUT2D eigenvalue weighted by molar-refractivity contribution is 9.10. The number of halogens is 2. The van der Waals surface area contributed by atoms with Crippen LogP contribution in [-0.4, -0.2) is 14.8 Å². The first-order chi connectivity index (χ1) is 10.2. The molecule has 0 atom stereocenters. The number of para-hydroxylation sites is 1. The summed E-state index contributed by atoms with van der Waals surface area (Å²) in [6.07, 6.45) is 0. The Morgan fingerprint density at radius 3 is 2.57 bits per heavy atom. The van der Waals surface area contributed by atoms with Crippen molar-refractivity contribution in [2.24, 2.45) is 5.73 Å². The lowest BCUT2D eigenvalue weighted by Gasteiger charge is -2.10. The predicted molar refractivity (Wildman–Crippen MR) is 82.3 cm³/mol. The molecule has 0 amide bonds. The Hall–Kier alpha value is -2.05. The van der Waals surface area contributed by atoms with Crippen molar-refractivity contribution < 1.29 is 4.39 Å². The molecule has 0 bridgehead atoms. The van der Waals surface area contributed by atoms with Crippen molar-refractivity contribution in [3.05, 3.63) is 64.6 Å². The van der Waals surface area contributed by atoms with Gasteiger partial charge >= 0.3 is 0 Å². The highest BCUT2D eigenvalue weighted by atomic mass is 79.9. The Morgan fingerprint density at radius 1 is 1.10 bits per heavy atom. The molecule has 0 saturated heterocycles. The fourth-order valence-corrected chi connectivity index (χ4v) is 2.56. The molecule has 2 aromatic carbocycles. The molecule has 1 aromatic heterocycles. The fourth-order valence-electron chi connectivity index (χ4n) is 2.14. The van der Waals surface area contributed by atoms with E-state index in [-0.39, 0.29) is 12.4 Å². The van der Waals surface area contributed by atoms with Gasteiger partial charge in [0, 0.05) is 15.7 Å². The molecule has 0 radical (unpaired) electrons. The van der Waals surface area contributed by atoms with Crippen LogP contribution in [0.25, 0.3) is 17.1 Å². The normalized spacial score (nSPS) is 10.8. The van der Waals surface area contributed by atoms with Crippen molar-refractivity contribution >= 4 is 15.9 Å². The lowest BCUT2D eigenvalue weighted by Crippen LogP contribution is -2.08. The molecule has 0 aliphatic carbocycles. The van der Waals surface area contributed by atoms with Gasteiger partial charge in [0.15, 0.2) is 11.6 Å². The zero-order chi connectivity index (χ0) is 14.8. The van der Waals surface area contributed by atoms with E-state index in [0.717, 1.165) is 10.2 Å². The molecule has 106 valence electrons. The van der Waals surface area contributed by atoms with Gasteiger partial charge < -0.3 is 5.73 Å². The van der Waals surface area contributed by atoms with Gasteiger partial charge in [0.1, 0.15) is 5.82 Å². The van der Waals surface area contributed by atoms with Crippen molar-refractivity contribution in [2.45, 2.75) is 6.54 Å². The molecule has 4 nitrogen and oxygen atoms in total. The first-order valence-electron chi connectivity index (χ1n) is 6.36. The Morgan fingerprint density at radius 2 is 1.86 bits per heavy atom. The highest BCUT2D eigenvalue weighted by Gasteiger charge is 2.17. The number of nitrogens with zero attached hydrogens (tertiary/aromatic N) is 3. The number of nitrogens with two attached hydrogens (primary N) is 1. The topological polar surface area (TPSA) is 56.7 Å². The maximum Gasteiger partial charge on any atom is 0.169 e. The summed E-state index contributed by atoms with van der Waals surface area (Å²) in [6.45, 7) is 0.245. The number of benzene rings is 2. The lowest BCUT2D eigenvalue weighted by atomic mass is 10.2. The van der Waals surface area contributed by atoms with Crippen LogP contribution in [-0.2, 0) is 6.54 Å². The second-order valence-electron chi connectivity index (χ2n) is 4.44. The molecule has 1 heterocycles. The summed E-state index contributed by atoms with van der Waals surface area (Å²) in [5, 5.41) is 8.27. The first kappa shape index (κ1) is 13.9. The second-order valence-corrected chi connectivity index (χ2v) is 5.29. The van der Waals surface area contributed by atoms with E-state index >= 15 is 0 Å². The van der Waals surface area contributed by atoms with Crippen molar-refractivity contribution in [3.63, 3.8) is 0 Å². The van der Waals surface area contributed by atoms with E-state index in [2.05, 4.69) is 26.1 Å². The average molecular weight is 347 g/mol. The summed E-state index contributed by atoms with van der Waals surface area (Å²) in [6, 6.07) is 14.1. The number of hydrogen-bond donors (Lipinski definition) is 1. The second kappa shape index (κ2) is 5.75. The fraction of sp³-hybridized carbons (Fsp3) is 0.0667. The summed E-state index contributed by atoms with van der Waals surface area (Å²) in [7, 11) is 0. The standard InChI is InChI=1S/C15H12BrFN4/c16-13-7-6-10(17)8-12(13)15-20-19-14(9-18)21(15)11-4-2-1-3-5-11/h1-8H,9,18H2. The van der Waals surface area contributed by atoms with Gasteiger partial charge in [-0.2, -0.15) is 0 Å². The monoisotopic (exact) mass is 346 g/mol. The molecule has 3 rings (SSSR count). The Balaban J connectivity index is 2.25. The third-order valence-electron chi connectivity index (χ3n) is 3.10. The molecule has 0 aliphatic heterocycles. The van der Waals surface area contributed by atoms with E-state index in [9.17, 15) is 4.39 Å². The SMILES string of the molecule is NCc1nnc(-c2cc(F)ccc2Br)n1-c1ccccc1. The largest absolute Gasteiger partial charge is 0.324 e. The average Bonchev–Trinajstić information content (AvgIpc) is 2.94. The van der Waals surface area contributed by atoms with Crippen LogP contribution in [0.3, 0.4) is 0 Å². The maximum absolute atomic E-state index is 13.6. The Kier molecular flexibility index (Phi) is 3.81.